The van der Waals surface area contributed by atoms with E-state index in [9.17, 15) is 0 Å². The summed E-state index contributed by atoms with van der Waals surface area (Å²) in [5.74, 6) is 6.93. The molecule has 0 heterocycles. The fourth-order valence-corrected chi connectivity index (χ4v) is 10.6. The van der Waals surface area contributed by atoms with Gasteiger partial charge >= 0.3 is 0 Å². The number of fused-ring (bicyclic) bond motifs is 5. The molecule has 4 aliphatic rings. The molecule has 0 aromatic rings. The Morgan fingerprint density at radius 2 is 1.63 bits per heavy atom. The van der Waals surface area contributed by atoms with E-state index < -0.39 is 0 Å². The second kappa shape index (κ2) is 14.3. The second-order valence-corrected chi connectivity index (χ2v) is 16.1. The van der Waals surface area contributed by atoms with Crippen molar-refractivity contribution in [1.82, 2.24) is 0 Å². The minimum absolute atomic E-state index is 0.460. The quantitative estimate of drug-likeness (QED) is 0.150. The van der Waals surface area contributed by atoms with Crippen LogP contribution in [0.1, 0.15) is 144 Å². The lowest BCUT2D eigenvalue weighted by Gasteiger charge is -2.58. The first-order valence-corrected chi connectivity index (χ1v) is 18.5. The largest absolute Gasteiger partial charge is 0.378 e. The highest BCUT2D eigenvalue weighted by Crippen LogP contribution is 2.67. The fourth-order valence-electron chi connectivity index (χ4n) is 10.1. The van der Waals surface area contributed by atoms with Crippen LogP contribution in [0.2, 0.25) is 0 Å². The zero-order valence-electron chi connectivity index (χ0n) is 26.4. The molecule has 0 aliphatic heterocycles. The van der Waals surface area contributed by atoms with Crippen LogP contribution in [0.4, 0.5) is 0 Å². The third kappa shape index (κ3) is 7.09. The lowest BCUT2D eigenvalue weighted by Crippen LogP contribution is -2.51. The summed E-state index contributed by atoms with van der Waals surface area (Å²) < 4.78 is 6.49. The van der Waals surface area contributed by atoms with Gasteiger partial charge in [-0.25, -0.2) is 0 Å². The smallest absolute Gasteiger partial charge is 0.0612 e. The standard InChI is InChI=1S/C36H64OS/c1-27(2)14-13-15-28(3)32-18-19-33-31-17-16-29-26-30(37-24-11-9-7-8-10-12-25-38-6)20-22-35(29,4)34(31)21-23-36(32,33)5/h16,27-28,30-34H,7-15,17-26H2,1-6H3. The van der Waals surface area contributed by atoms with Crippen molar-refractivity contribution in [2.24, 2.45) is 46.3 Å². The molecule has 0 spiro atoms. The van der Waals surface area contributed by atoms with Crippen molar-refractivity contribution >= 4 is 11.8 Å². The number of hydrogen-bond donors (Lipinski definition) is 0. The predicted molar refractivity (Wildman–Crippen MR) is 169 cm³/mol. The molecule has 3 saturated carbocycles. The highest BCUT2D eigenvalue weighted by atomic mass is 32.2. The molecule has 4 aliphatic carbocycles. The van der Waals surface area contributed by atoms with Gasteiger partial charge in [-0.3, -0.25) is 0 Å². The van der Waals surface area contributed by atoms with Crippen LogP contribution in [-0.4, -0.2) is 24.7 Å². The van der Waals surface area contributed by atoms with Crippen molar-refractivity contribution in [3.05, 3.63) is 11.6 Å². The lowest BCUT2D eigenvalue weighted by atomic mass is 9.47. The maximum atomic E-state index is 6.49. The summed E-state index contributed by atoms with van der Waals surface area (Å²) in [4.78, 5) is 0. The summed E-state index contributed by atoms with van der Waals surface area (Å²) in [6.07, 6.45) is 29.3. The van der Waals surface area contributed by atoms with Crippen LogP contribution in [0.3, 0.4) is 0 Å². The third-order valence-corrected chi connectivity index (χ3v) is 13.1. The third-order valence-electron chi connectivity index (χ3n) is 12.4. The van der Waals surface area contributed by atoms with Gasteiger partial charge < -0.3 is 4.74 Å². The van der Waals surface area contributed by atoms with Gasteiger partial charge in [-0.1, -0.05) is 91.2 Å². The average molecular weight is 545 g/mol. The molecule has 8 atom stereocenters. The number of allylic oxidation sites excluding steroid dienone is 1. The molecule has 0 N–H and O–H groups in total. The SMILES string of the molecule is CSCCCCCCCCOC1CCC2(C)C(=CCC3C2CCC2(C)C(C(C)CCCC(C)C)CCC32)C1. The molecule has 0 bridgehead atoms. The van der Waals surface area contributed by atoms with Crippen LogP contribution in [0.25, 0.3) is 0 Å². The first-order valence-electron chi connectivity index (χ1n) is 17.1. The first-order chi connectivity index (χ1) is 18.3. The summed E-state index contributed by atoms with van der Waals surface area (Å²) in [5.41, 5.74) is 2.86. The minimum Gasteiger partial charge on any atom is -0.378 e. The Morgan fingerprint density at radius 1 is 0.868 bits per heavy atom. The molecule has 0 radical (unpaired) electrons. The summed E-state index contributed by atoms with van der Waals surface area (Å²) in [5, 5.41) is 0. The van der Waals surface area contributed by atoms with Gasteiger partial charge in [-0.05, 0) is 123 Å². The van der Waals surface area contributed by atoms with Crippen molar-refractivity contribution in [2.75, 3.05) is 18.6 Å². The number of ether oxygens (including phenoxy) is 1. The molecule has 0 aromatic carbocycles. The van der Waals surface area contributed by atoms with E-state index in [4.69, 9.17) is 4.74 Å². The zero-order valence-corrected chi connectivity index (χ0v) is 27.2. The Hall–Kier alpha value is 0.0500. The monoisotopic (exact) mass is 544 g/mol. The van der Waals surface area contributed by atoms with Crippen LogP contribution in [0, 0.1) is 46.3 Å². The van der Waals surface area contributed by atoms with Gasteiger partial charge in [0.05, 0.1) is 6.10 Å². The maximum Gasteiger partial charge on any atom is 0.0612 e. The normalized spacial score (nSPS) is 37.4. The van der Waals surface area contributed by atoms with E-state index in [0.29, 0.717) is 16.9 Å². The van der Waals surface area contributed by atoms with E-state index in [-0.39, 0.29) is 0 Å². The number of rotatable bonds is 15. The highest BCUT2D eigenvalue weighted by molar-refractivity contribution is 7.98. The topological polar surface area (TPSA) is 9.23 Å². The molecule has 220 valence electrons. The number of hydrogen-bond acceptors (Lipinski definition) is 2. The molecule has 2 heteroatoms. The fraction of sp³-hybridized carbons (Fsp3) is 0.944. The summed E-state index contributed by atoms with van der Waals surface area (Å²) in [6.45, 7) is 13.8. The predicted octanol–water partition coefficient (Wildman–Crippen LogP) is 11.1. The van der Waals surface area contributed by atoms with Gasteiger partial charge in [0.1, 0.15) is 0 Å². The highest BCUT2D eigenvalue weighted by Gasteiger charge is 2.59. The number of thioether (sulfide) groups is 1. The Morgan fingerprint density at radius 3 is 2.39 bits per heavy atom. The van der Waals surface area contributed by atoms with E-state index in [2.05, 4.69) is 47.0 Å². The van der Waals surface area contributed by atoms with Crippen molar-refractivity contribution in [2.45, 2.75) is 150 Å². The molecule has 3 fully saturated rings. The van der Waals surface area contributed by atoms with Gasteiger partial charge in [-0.15, -0.1) is 0 Å². The Labute approximate surface area is 242 Å². The van der Waals surface area contributed by atoms with Crippen molar-refractivity contribution in [3.8, 4) is 0 Å². The van der Waals surface area contributed by atoms with Crippen LogP contribution < -0.4 is 0 Å². The van der Waals surface area contributed by atoms with Gasteiger partial charge in [-0.2, -0.15) is 11.8 Å². The Bertz CT molecular complexity index is 744. The summed E-state index contributed by atoms with van der Waals surface area (Å²) in [7, 11) is 0. The lowest BCUT2D eigenvalue weighted by molar-refractivity contribution is -0.0641. The first kappa shape index (κ1) is 31.0. The van der Waals surface area contributed by atoms with Crippen LogP contribution in [0.5, 0.6) is 0 Å². The van der Waals surface area contributed by atoms with E-state index in [1.165, 1.54) is 115 Å². The zero-order chi connectivity index (χ0) is 27.2. The maximum absolute atomic E-state index is 6.49. The van der Waals surface area contributed by atoms with E-state index in [0.717, 1.165) is 42.1 Å². The van der Waals surface area contributed by atoms with Gasteiger partial charge in [0.2, 0.25) is 0 Å². The second-order valence-electron chi connectivity index (χ2n) is 15.1. The Balaban J connectivity index is 1.26. The van der Waals surface area contributed by atoms with E-state index in [1.807, 2.05) is 11.8 Å². The van der Waals surface area contributed by atoms with Crippen LogP contribution in [0.15, 0.2) is 11.6 Å². The molecule has 1 nitrogen and oxygen atoms in total. The molecular weight excluding hydrogens is 480 g/mol. The average Bonchev–Trinajstić information content (AvgIpc) is 3.25. The molecule has 0 saturated heterocycles. The van der Waals surface area contributed by atoms with Gasteiger partial charge in [0.15, 0.2) is 0 Å². The minimum atomic E-state index is 0.460. The molecular formula is C36H64OS. The summed E-state index contributed by atoms with van der Waals surface area (Å²) >= 11 is 1.99. The molecule has 0 amide bonds. The molecule has 0 aromatic heterocycles. The van der Waals surface area contributed by atoms with Crippen LogP contribution >= 0.6 is 11.8 Å². The van der Waals surface area contributed by atoms with Crippen molar-refractivity contribution < 1.29 is 4.74 Å². The van der Waals surface area contributed by atoms with Gasteiger partial charge in [0.25, 0.3) is 0 Å². The number of unbranched alkanes of at least 4 members (excludes halogenated alkanes) is 5. The van der Waals surface area contributed by atoms with Gasteiger partial charge in [0, 0.05) is 6.61 Å². The molecule has 8 unspecified atom stereocenters. The van der Waals surface area contributed by atoms with Crippen molar-refractivity contribution in [1.29, 1.82) is 0 Å². The van der Waals surface area contributed by atoms with Crippen LogP contribution in [-0.2, 0) is 4.74 Å². The van der Waals surface area contributed by atoms with E-state index in [1.54, 1.807) is 5.57 Å². The van der Waals surface area contributed by atoms with Crippen molar-refractivity contribution in [3.63, 3.8) is 0 Å². The van der Waals surface area contributed by atoms with E-state index >= 15 is 0 Å². The molecule has 4 rings (SSSR count). The molecule has 38 heavy (non-hydrogen) atoms. The summed E-state index contributed by atoms with van der Waals surface area (Å²) in [6, 6.07) is 0. The Kier molecular flexibility index (Phi) is 11.7.